The molecule has 6 heteroatoms. The standard InChI is InChI=1S/C12H16BrFN2O2/c1-2-16(6-8-18-7-4-13)12(17)10-3-5-15-9-11(10)14/h3,5,9H,2,4,6-8H2,1H3. The number of halogens is 2. The van der Waals surface area contributed by atoms with Gasteiger partial charge < -0.3 is 9.64 Å². The van der Waals surface area contributed by atoms with E-state index in [0.717, 1.165) is 11.5 Å². The molecular weight excluding hydrogens is 303 g/mol. The van der Waals surface area contributed by atoms with Crippen LogP contribution in [0.15, 0.2) is 18.5 Å². The number of carbonyl (C=O) groups is 1. The molecule has 1 amide bonds. The Morgan fingerprint density at radius 2 is 2.33 bits per heavy atom. The number of hydrogen-bond donors (Lipinski definition) is 0. The van der Waals surface area contributed by atoms with Crippen LogP contribution in [-0.2, 0) is 4.74 Å². The summed E-state index contributed by atoms with van der Waals surface area (Å²) in [5.74, 6) is -0.929. The molecule has 0 saturated carbocycles. The van der Waals surface area contributed by atoms with Crippen molar-refractivity contribution in [2.75, 3.05) is 31.6 Å². The second-order valence-corrected chi connectivity index (χ2v) is 4.33. The molecule has 0 bridgehead atoms. The minimum absolute atomic E-state index is 0.0485. The smallest absolute Gasteiger partial charge is 0.257 e. The molecule has 0 fully saturated rings. The lowest BCUT2D eigenvalue weighted by Gasteiger charge is -2.20. The fraction of sp³-hybridized carbons (Fsp3) is 0.500. The third-order valence-corrected chi connectivity index (χ3v) is 2.72. The summed E-state index contributed by atoms with van der Waals surface area (Å²) >= 11 is 3.25. The number of rotatable bonds is 7. The summed E-state index contributed by atoms with van der Waals surface area (Å²) in [6, 6.07) is 1.39. The molecule has 0 aliphatic rings. The fourth-order valence-electron chi connectivity index (χ4n) is 1.45. The van der Waals surface area contributed by atoms with Crippen molar-refractivity contribution in [2.45, 2.75) is 6.92 Å². The zero-order valence-electron chi connectivity index (χ0n) is 10.2. The van der Waals surface area contributed by atoms with Crippen LogP contribution in [0.25, 0.3) is 0 Å². The average molecular weight is 319 g/mol. The topological polar surface area (TPSA) is 42.4 Å². The number of nitrogens with zero attached hydrogens (tertiary/aromatic N) is 2. The second kappa shape index (κ2) is 8.16. The Morgan fingerprint density at radius 1 is 1.56 bits per heavy atom. The molecule has 100 valence electrons. The van der Waals surface area contributed by atoms with Crippen molar-refractivity contribution >= 4 is 21.8 Å². The maximum Gasteiger partial charge on any atom is 0.257 e. The van der Waals surface area contributed by atoms with Crippen LogP contribution >= 0.6 is 15.9 Å². The maximum absolute atomic E-state index is 13.4. The first-order valence-corrected chi connectivity index (χ1v) is 6.85. The first kappa shape index (κ1) is 15.0. The van der Waals surface area contributed by atoms with Crippen LogP contribution in [0.4, 0.5) is 4.39 Å². The number of ether oxygens (including phenoxy) is 1. The van der Waals surface area contributed by atoms with Gasteiger partial charge in [-0.3, -0.25) is 9.78 Å². The molecule has 0 saturated heterocycles. The van der Waals surface area contributed by atoms with E-state index < -0.39 is 5.82 Å². The van der Waals surface area contributed by atoms with Gasteiger partial charge in [-0.2, -0.15) is 0 Å². The molecular formula is C12H16BrFN2O2. The van der Waals surface area contributed by atoms with Crippen molar-refractivity contribution in [3.05, 3.63) is 29.8 Å². The number of pyridine rings is 1. The predicted molar refractivity (Wildman–Crippen MR) is 70.4 cm³/mol. The van der Waals surface area contributed by atoms with Gasteiger partial charge in [0, 0.05) is 24.6 Å². The second-order valence-electron chi connectivity index (χ2n) is 3.54. The highest BCUT2D eigenvalue weighted by molar-refractivity contribution is 9.09. The number of aromatic nitrogens is 1. The average Bonchev–Trinajstić information content (AvgIpc) is 2.39. The lowest BCUT2D eigenvalue weighted by Crippen LogP contribution is -2.34. The normalized spacial score (nSPS) is 10.4. The summed E-state index contributed by atoms with van der Waals surface area (Å²) in [5, 5.41) is 0.756. The van der Waals surface area contributed by atoms with Crippen LogP contribution < -0.4 is 0 Å². The van der Waals surface area contributed by atoms with Crippen molar-refractivity contribution in [1.82, 2.24) is 9.88 Å². The largest absolute Gasteiger partial charge is 0.379 e. The van der Waals surface area contributed by atoms with Gasteiger partial charge >= 0.3 is 0 Å². The minimum Gasteiger partial charge on any atom is -0.379 e. The Morgan fingerprint density at radius 3 is 2.94 bits per heavy atom. The first-order chi connectivity index (χ1) is 8.70. The summed E-state index contributed by atoms with van der Waals surface area (Å²) in [7, 11) is 0. The van der Waals surface area contributed by atoms with Crippen molar-refractivity contribution in [3.8, 4) is 0 Å². The Bertz CT molecular complexity index is 390. The molecule has 1 aromatic rings. The maximum atomic E-state index is 13.4. The predicted octanol–water partition coefficient (Wildman–Crippen LogP) is 2.09. The van der Waals surface area contributed by atoms with Crippen LogP contribution in [-0.4, -0.2) is 47.4 Å². The molecule has 18 heavy (non-hydrogen) atoms. The summed E-state index contributed by atoms with van der Waals surface area (Å²) in [5.41, 5.74) is 0.0485. The van der Waals surface area contributed by atoms with E-state index in [0.29, 0.717) is 26.3 Å². The number of alkyl halides is 1. The molecule has 0 spiro atoms. The highest BCUT2D eigenvalue weighted by Crippen LogP contribution is 2.08. The van der Waals surface area contributed by atoms with E-state index >= 15 is 0 Å². The van der Waals surface area contributed by atoms with Crippen LogP contribution in [0.3, 0.4) is 0 Å². The molecule has 0 aliphatic carbocycles. The minimum atomic E-state index is -0.595. The molecule has 1 heterocycles. The summed E-state index contributed by atoms with van der Waals surface area (Å²) in [4.78, 5) is 17.2. The third kappa shape index (κ3) is 4.34. The lowest BCUT2D eigenvalue weighted by molar-refractivity contribution is 0.0668. The summed E-state index contributed by atoms with van der Waals surface area (Å²) < 4.78 is 18.7. The molecule has 0 atom stereocenters. The van der Waals surface area contributed by atoms with E-state index in [1.54, 1.807) is 4.90 Å². The summed E-state index contributed by atoms with van der Waals surface area (Å²) in [6.07, 6.45) is 2.45. The SMILES string of the molecule is CCN(CCOCCBr)C(=O)c1ccncc1F. The van der Waals surface area contributed by atoms with Gasteiger partial charge in [-0.05, 0) is 13.0 Å². The molecule has 0 unspecified atom stereocenters. The van der Waals surface area contributed by atoms with Gasteiger partial charge in [0.1, 0.15) is 0 Å². The molecule has 0 aliphatic heterocycles. The van der Waals surface area contributed by atoms with Crippen LogP contribution in [0.5, 0.6) is 0 Å². The highest BCUT2D eigenvalue weighted by atomic mass is 79.9. The fourth-order valence-corrected chi connectivity index (χ4v) is 1.68. The Hall–Kier alpha value is -1.01. The Kier molecular flexibility index (Phi) is 6.82. The van der Waals surface area contributed by atoms with Crippen molar-refractivity contribution in [1.29, 1.82) is 0 Å². The van der Waals surface area contributed by atoms with Crippen LogP contribution in [0, 0.1) is 5.82 Å². The number of likely N-dealkylation sites (N-methyl/N-ethyl adjacent to an activating group) is 1. The zero-order valence-corrected chi connectivity index (χ0v) is 11.8. The van der Waals surface area contributed by atoms with Gasteiger partial charge in [0.25, 0.3) is 5.91 Å². The number of amides is 1. The third-order valence-electron chi connectivity index (χ3n) is 2.40. The van der Waals surface area contributed by atoms with Gasteiger partial charge in [-0.1, -0.05) is 15.9 Å². The molecule has 0 N–H and O–H groups in total. The van der Waals surface area contributed by atoms with Gasteiger partial charge in [0.05, 0.1) is 25.0 Å². The van der Waals surface area contributed by atoms with Gasteiger partial charge in [0.2, 0.25) is 0 Å². The van der Waals surface area contributed by atoms with E-state index in [2.05, 4.69) is 20.9 Å². The molecule has 0 radical (unpaired) electrons. The first-order valence-electron chi connectivity index (χ1n) is 5.73. The number of hydrogen-bond acceptors (Lipinski definition) is 3. The van der Waals surface area contributed by atoms with Crippen molar-refractivity contribution < 1.29 is 13.9 Å². The van der Waals surface area contributed by atoms with E-state index in [4.69, 9.17) is 4.74 Å². The Labute approximate surface area is 114 Å². The zero-order chi connectivity index (χ0) is 13.4. The van der Waals surface area contributed by atoms with Gasteiger partial charge in [-0.25, -0.2) is 4.39 Å². The molecule has 0 aromatic carbocycles. The Balaban J connectivity index is 2.59. The highest BCUT2D eigenvalue weighted by Gasteiger charge is 2.17. The van der Waals surface area contributed by atoms with Crippen LogP contribution in [0.2, 0.25) is 0 Å². The van der Waals surface area contributed by atoms with E-state index in [1.807, 2.05) is 6.92 Å². The quantitative estimate of drug-likeness (QED) is 0.571. The summed E-state index contributed by atoms with van der Waals surface area (Å²) in [6.45, 7) is 3.84. The monoisotopic (exact) mass is 318 g/mol. The van der Waals surface area contributed by atoms with Gasteiger partial charge in [0.15, 0.2) is 5.82 Å². The van der Waals surface area contributed by atoms with Gasteiger partial charge in [-0.15, -0.1) is 0 Å². The molecule has 1 rings (SSSR count). The van der Waals surface area contributed by atoms with E-state index in [-0.39, 0.29) is 11.5 Å². The van der Waals surface area contributed by atoms with Crippen molar-refractivity contribution in [2.24, 2.45) is 0 Å². The van der Waals surface area contributed by atoms with Crippen molar-refractivity contribution in [3.63, 3.8) is 0 Å². The van der Waals surface area contributed by atoms with E-state index in [9.17, 15) is 9.18 Å². The van der Waals surface area contributed by atoms with E-state index in [1.165, 1.54) is 12.3 Å². The number of carbonyl (C=O) groups excluding carboxylic acids is 1. The molecule has 4 nitrogen and oxygen atoms in total. The lowest BCUT2D eigenvalue weighted by atomic mass is 10.2. The molecule has 1 aromatic heterocycles. The van der Waals surface area contributed by atoms with Crippen LogP contribution in [0.1, 0.15) is 17.3 Å².